The third-order valence-corrected chi connectivity index (χ3v) is 4.71. The van der Waals surface area contributed by atoms with Crippen LogP contribution < -0.4 is 19.7 Å². The van der Waals surface area contributed by atoms with Gasteiger partial charge in [0.1, 0.15) is 17.2 Å². The Hall–Kier alpha value is -3.80. The van der Waals surface area contributed by atoms with Crippen LogP contribution in [0.3, 0.4) is 0 Å². The molecule has 152 valence electrons. The van der Waals surface area contributed by atoms with Gasteiger partial charge in [-0.3, -0.25) is 9.59 Å². The lowest BCUT2D eigenvalue weighted by Gasteiger charge is -2.20. The minimum atomic E-state index is -0.293. The van der Waals surface area contributed by atoms with Crippen LogP contribution in [0.1, 0.15) is 12.8 Å². The number of nitrogens with zero attached hydrogens (tertiary/aromatic N) is 1. The maximum Gasteiger partial charge on any atom is 0.262 e. The Bertz CT molecular complexity index is 1020. The lowest BCUT2D eigenvalue weighted by molar-refractivity contribution is -0.118. The van der Waals surface area contributed by atoms with Gasteiger partial charge < -0.3 is 19.7 Å². The predicted molar refractivity (Wildman–Crippen MR) is 115 cm³/mol. The van der Waals surface area contributed by atoms with Gasteiger partial charge in [0.15, 0.2) is 6.61 Å². The maximum atomic E-state index is 12.4. The van der Waals surface area contributed by atoms with E-state index in [-0.39, 0.29) is 18.4 Å². The fraction of sp³-hybridized carbons (Fsp3) is 0.167. The van der Waals surface area contributed by atoms with Crippen LogP contribution in [0, 0.1) is 0 Å². The topological polar surface area (TPSA) is 67.9 Å². The number of para-hydroxylation sites is 3. The first-order chi connectivity index (χ1) is 14.7. The fourth-order valence-corrected chi connectivity index (χ4v) is 3.28. The number of amides is 2. The molecule has 4 rings (SSSR count). The second-order valence-electron chi connectivity index (χ2n) is 6.89. The molecular formula is C24H22N2O4. The summed E-state index contributed by atoms with van der Waals surface area (Å²) < 4.78 is 11.3. The van der Waals surface area contributed by atoms with Crippen molar-refractivity contribution in [2.75, 3.05) is 23.4 Å². The highest BCUT2D eigenvalue weighted by Crippen LogP contribution is 2.29. The lowest BCUT2D eigenvalue weighted by atomic mass is 10.2. The van der Waals surface area contributed by atoms with Gasteiger partial charge in [-0.05, 0) is 55.0 Å². The summed E-state index contributed by atoms with van der Waals surface area (Å²) in [7, 11) is 0. The van der Waals surface area contributed by atoms with Crippen molar-refractivity contribution in [3.63, 3.8) is 0 Å². The van der Waals surface area contributed by atoms with Gasteiger partial charge in [0.25, 0.3) is 5.91 Å². The number of hydrogen-bond acceptors (Lipinski definition) is 4. The number of hydrogen-bond donors (Lipinski definition) is 1. The van der Waals surface area contributed by atoms with Crippen molar-refractivity contribution in [2.24, 2.45) is 0 Å². The van der Waals surface area contributed by atoms with E-state index in [9.17, 15) is 9.59 Å². The molecule has 3 aromatic carbocycles. The highest BCUT2D eigenvalue weighted by atomic mass is 16.5. The van der Waals surface area contributed by atoms with Crippen LogP contribution in [-0.4, -0.2) is 25.0 Å². The summed E-state index contributed by atoms with van der Waals surface area (Å²) >= 11 is 0. The molecule has 30 heavy (non-hydrogen) atoms. The van der Waals surface area contributed by atoms with Gasteiger partial charge in [0.05, 0.1) is 11.4 Å². The van der Waals surface area contributed by atoms with Gasteiger partial charge in [0.2, 0.25) is 5.91 Å². The quantitative estimate of drug-likeness (QED) is 0.626. The van der Waals surface area contributed by atoms with E-state index in [4.69, 9.17) is 9.47 Å². The van der Waals surface area contributed by atoms with Crippen molar-refractivity contribution in [1.29, 1.82) is 0 Å². The van der Waals surface area contributed by atoms with Crippen LogP contribution in [-0.2, 0) is 9.59 Å². The molecule has 0 saturated carbocycles. The van der Waals surface area contributed by atoms with Crippen LogP contribution in [0.25, 0.3) is 0 Å². The highest BCUT2D eigenvalue weighted by molar-refractivity contribution is 6.02. The molecule has 0 atom stereocenters. The van der Waals surface area contributed by atoms with Crippen molar-refractivity contribution in [2.45, 2.75) is 12.8 Å². The minimum Gasteiger partial charge on any atom is -0.484 e. The number of carbonyl (C=O) groups is 2. The molecule has 2 amide bonds. The first kappa shape index (κ1) is 19.5. The Balaban J connectivity index is 1.33. The highest BCUT2D eigenvalue weighted by Gasteiger charge is 2.24. The summed E-state index contributed by atoms with van der Waals surface area (Å²) in [4.78, 5) is 26.1. The summed E-state index contributed by atoms with van der Waals surface area (Å²) in [5, 5.41) is 2.84. The number of carbonyl (C=O) groups excluding carboxylic acids is 2. The molecule has 0 aromatic heterocycles. The number of rotatable bonds is 7. The van der Waals surface area contributed by atoms with E-state index in [1.807, 2.05) is 48.5 Å². The molecule has 1 aliphatic heterocycles. The summed E-state index contributed by atoms with van der Waals surface area (Å²) in [6.07, 6.45) is 1.36. The molecule has 1 fully saturated rings. The Morgan fingerprint density at radius 3 is 2.27 bits per heavy atom. The van der Waals surface area contributed by atoms with Crippen LogP contribution in [0.2, 0.25) is 0 Å². The van der Waals surface area contributed by atoms with Gasteiger partial charge in [-0.2, -0.15) is 0 Å². The van der Waals surface area contributed by atoms with E-state index >= 15 is 0 Å². The summed E-state index contributed by atoms with van der Waals surface area (Å²) in [5.41, 5.74) is 1.32. The number of benzene rings is 3. The predicted octanol–water partition coefficient (Wildman–Crippen LogP) is 4.62. The smallest absolute Gasteiger partial charge is 0.262 e. The molecule has 0 bridgehead atoms. The Morgan fingerprint density at radius 2 is 1.53 bits per heavy atom. The molecule has 0 aliphatic carbocycles. The van der Waals surface area contributed by atoms with Crippen LogP contribution in [0.4, 0.5) is 11.4 Å². The van der Waals surface area contributed by atoms with Gasteiger partial charge in [-0.1, -0.05) is 30.3 Å². The maximum absolute atomic E-state index is 12.4. The second kappa shape index (κ2) is 9.13. The molecule has 1 aliphatic rings. The molecule has 6 heteroatoms. The first-order valence-electron chi connectivity index (χ1n) is 9.84. The monoisotopic (exact) mass is 402 g/mol. The van der Waals surface area contributed by atoms with Crippen molar-refractivity contribution in [3.05, 3.63) is 78.9 Å². The average molecular weight is 402 g/mol. The largest absolute Gasteiger partial charge is 0.484 e. The molecule has 0 spiro atoms. The molecule has 1 saturated heterocycles. The third kappa shape index (κ3) is 4.78. The van der Waals surface area contributed by atoms with Gasteiger partial charge in [0, 0.05) is 13.0 Å². The average Bonchev–Trinajstić information content (AvgIpc) is 3.20. The Labute approximate surface area is 175 Å². The van der Waals surface area contributed by atoms with E-state index in [1.165, 1.54) is 0 Å². The zero-order chi connectivity index (χ0) is 20.8. The summed E-state index contributed by atoms with van der Waals surface area (Å²) in [5.74, 6) is 1.78. The van der Waals surface area contributed by atoms with Crippen molar-refractivity contribution >= 4 is 23.2 Å². The SMILES string of the molecule is O=C(COc1ccc(Oc2ccccc2)cc1)Nc1ccccc1N1CCCC1=O. The standard InChI is InChI=1S/C24H22N2O4/c27-23(25-21-9-4-5-10-22(21)26-16-6-11-24(26)28)17-29-18-12-14-20(15-13-18)30-19-7-2-1-3-8-19/h1-5,7-10,12-15H,6,11,16-17H2,(H,25,27). The van der Waals surface area contributed by atoms with Gasteiger partial charge >= 0.3 is 0 Å². The Kier molecular flexibility index (Phi) is 5.94. The molecule has 1 N–H and O–H groups in total. The summed E-state index contributed by atoms with van der Waals surface area (Å²) in [6.45, 7) is 0.529. The molecular weight excluding hydrogens is 380 g/mol. The molecule has 0 radical (unpaired) electrons. The van der Waals surface area contributed by atoms with Crippen LogP contribution >= 0.6 is 0 Å². The minimum absolute atomic E-state index is 0.0748. The number of nitrogens with one attached hydrogen (secondary N) is 1. The van der Waals surface area contributed by atoms with Crippen molar-refractivity contribution in [3.8, 4) is 17.2 Å². The molecule has 1 heterocycles. The van der Waals surface area contributed by atoms with Gasteiger partial charge in [-0.25, -0.2) is 0 Å². The van der Waals surface area contributed by atoms with Crippen LogP contribution in [0.15, 0.2) is 78.9 Å². The summed E-state index contributed by atoms with van der Waals surface area (Å²) in [6, 6.07) is 23.9. The molecule has 6 nitrogen and oxygen atoms in total. The zero-order valence-electron chi connectivity index (χ0n) is 16.4. The molecule has 3 aromatic rings. The lowest BCUT2D eigenvalue weighted by Crippen LogP contribution is -2.26. The van der Waals surface area contributed by atoms with E-state index in [0.717, 1.165) is 17.9 Å². The zero-order valence-corrected chi connectivity index (χ0v) is 16.4. The van der Waals surface area contributed by atoms with E-state index in [1.54, 1.807) is 35.2 Å². The van der Waals surface area contributed by atoms with Crippen LogP contribution in [0.5, 0.6) is 17.2 Å². The first-order valence-corrected chi connectivity index (χ1v) is 9.84. The van der Waals surface area contributed by atoms with E-state index in [0.29, 0.717) is 30.2 Å². The van der Waals surface area contributed by atoms with Gasteiger partial charge in [-0.15, -0.1) is 0 Å². The van der Waals surface area contributed by atoms with Crippen molar-refractivity contribution in [1.82, 2.24) is 0 Å². The molecule has 0 unspecified atom stereocenters. The van der Waals surface area contributed by atoms with E-state index < -0.39 is 0 Å². The fourth-order valence-electron chi connectivity index (χ4n) is 3.28. The second-order valence-corrected chi connectivity index (χ2v) is 6.89. The number of ether oxygens (including phenoxy) is 2. The number of anilines is 2. The van der Waals surface area contributed by atoms with Crippen molar-refractivity contribution < 1.29 is 19.1 Å². The van der Waals surface area contributed by atoms with E-state index in [2.05, 4.69) is 5.32 Å². The normalized spacial score (nSPS) is 13.2. The third-order valence-electron chi connectivity index (χ3n) is 4.71. The Morgan fingerprint density at radius 1 is 0.867 bits per heavy atom.